The van der Waals surface area contributed by atoms with Gasteiger partial charge in [0.2, 0.25) is 0 Å². The van der Waals surface area contributed by atoms with Crippen molar-refractivity contribution in [1.82, 2.24) is 5.32 Å². The first-order valence-corrected chi connectivity index (χ1v) is 6.90. The van der Waals surface area contributed by atoms with E-state index in [1.807, 2.05) is 30.3 Å². The third-order valence-corrected chi connectivity index (χ3v) is 3.43. The smallest absolute Gasteiger partial charge is 0.146 e. The number of hydrogen-bond donors (Lipinski definition) is 1. The van der Waals surface area contributed by atoms with Crippen LogP contribution in [0.1, 0.15) is 24.2 Å². The van der Waals surface area contributed by atoms with Gasteiger partial charge < -0.3 is 19.2 Å². The summed E-state index contributed by atoms with van der Waals surface area (Å²) in [5.41, 5.74) is 1.17. The van der Waals surface area contributed by atoms with Gasteiger partial charge in [-0.1, -0.05) is 0 Å². The van der Waals surface area contributed by atoms with E-state index in [1.54, 1.807) is 13.4 Å². The third kappa shape index (κ3) is 3.33. The van der Waals surface area contributed by atoms with Gasteiger partial charge in [-0.25, -0.2) is 0 Å². The summed E-state index contributed by atoms with van der Waals surface area (Å²) in [6.07, 6.45) is 4.29. The quantitative estimate of drug-likeness (QED) is 0.841. The van der Waals surface area contributed by atoms with Crippen molar-refractivity contribution in [2.75, 3.05) is 7.11 Å². The molecule has 0 radical (unpaired) electrons. The first-order valence-electron chi connectivity index (χ1n) is 6.90. The van der Waals surface area contributed by atoms with E-state index in [1.165, 1.54) is 18.4 Å². The van der Waals surface area contributed by atoms with Crippen molar-refractivity contribution < 1.29 is 13.9 Å². The van der Waals surface area contributed by atoms with Gasteiger partial charge in [-0.15, -0.1) is 0 Å². The van der Waals surface area contributed by atoms with Gasteiger partial charge in [0, 0.05) is 18.2 Å². The molecule has 20 heavy (non-hydrogen) atoms. The molecule has 1 aromatic heterocycles. The standard InChI is InChI=1S/C16H19NO3/c1-18-14-4-6-15(7-5-14)20-11-16-12(8-9-19-16)10-17-13-2-3-13/h4-9,13,17H,2-3,10-11H2,1H3. The molecule has 1 heterocycles. The second kappa shape index (κ2) is 6.01. The van der Waals surface area contributed by atoms with Crippen molar-refractivity contribution in [3.05, 3.63) is 47.9 Å². The summed E-state index contributed by atoms with van der Waals surface area (Å²) in [4.78, 5) is 0. The SMILES string of the molecule is COc1ccc(OCc2occc2CNC2CC2)cc1. The summed E-state index contributed by atoms with van der Waals surface area (Å²) in [5.74, 6) is 2.52. The topological polar surface area (TPSA) is 43.6 Å². The van der Waals surface area contributed by atoms with Gasteiger partial charge in [-0.2, -0.15) is 0 Å². The maximum absolute atomic E-state index is 5.74. The van der Waals surface area contributed by atoms with Gasteiger partial charge in [-0.3, -0.25) is 0 Å². The molecule has 4 heteroatoms. The number of hydrogen-bond acceptors (Lipinski definition) is 4. The molecule has 1 N–H and O–H groups in total. The lowest BCUT2D eigenvalue weighted by Crippen LogP contribution is -2.16. The van der Waals surface area contributed by atoms with E-state index in [-0.39, 0.29) is 0 Å². The maximum Gasteiger partial charge on any atom is 0.146 e. The summed E-state index contributed by atoms with van der Waals surface area (Å²) in [6, 6.07) is 10.2. The number of furan rings is 1. The first-order chi connectivity index (χ1) is 9.85. The number of ether oxygens (including phenoxy) is 2. The zero-order valence-electron chi connectivity index (χ0n) is 11.6. The number of nitrogens with one attached hydrogen (secondary N) is 1. The molecule has 1 aliphatic carbocycles. The minimum Gasteiger partial charge on any atom is -0.497 e. The second-order valence-corrected chi connectivity index (χ2v) is 4.99. The van der Waals surface area contributed by atoms with Gasteiger partial charge in [0.1, 0.15) is 23.9 Å². The summed E-state index contributed by atoms with van der Waals surface area (Å²) in [6.45, 7) is 1.30. The highest BCUT2D eigenvalue weighted by Gasteiger charge is 2.20. The Labute approximate surface area is 118 Å². The molecule has 0 atom stereocenters. The van der Waals surface area contributed by atoms with Crippen molar-refractivity contribution in [1.29, 1.82) is 0 Å². The molecule has 1 fully saturated rings. The fourth-order valence-corrected chi connectivity index (χ4v) is 2.01. The van der Waals surface area contributed by atoms with Crippen LogP contribution in [0.15, 0.2) is 41.0 Å². The molecule has 1 aliphatic rings. The lowest BCUT2D eigenvalue weighted by Gasteiger charge is -2.07. The number of methoxy groups -OCH3 is 1. The van der Waals surface area contributed by atoms with Crippen LogP contribution in [-0.2, 0) is 13.2 Å². The van der Waals surface area contributed by atoms with Crippen molar-refractivity contribution in [3.8, 4) is 11.5 Å². The molecular weight excluding hydrogens is 254 g/mol. The van der Waals surface area contributed by atoms with Crippen LogP contribution in [0.5, 0.6) is 11.5 Å². The molecular formula is C16H19NO3. The molecule has 0 saturated heterocycles. The van der Waals surface area contributed by atoms with Crippen molar-refractivity contribution in [2.24, 2.45) is 0 Å². The van der Waals surface area contributed by atoms with Gasteiger partial charge in [0.05, 0.1) is 13.4 Å². The van der Waals surface area contributed by atoms with Crippen molar-refractivity contribution >= 4 is 0 Å². The molecule has 0 aliphatic heterocycles. The molecule has 4 nitrogen and oxygen atoms in total. The van der Waals surface area contributed by atoms with Crippen LogP contribution in [0, 0.1) is 0 Å². The Morgan fingerprint density at radius 2 is 1.90 bits per heavy atom. The van der Waals surface area contributed by atoms with Crippen LogP contribution in [0.25, 0.3) is 0 Å². The molecule has 106 valence electrons. The maximum atomic E-state index is 5.74. The van der Waals surface area contributed by atoms with Crippen LogP contribution in [0.4, 0.5) is 0 Å². The van der Waals surface area contributed by atoms with E-state index in [0.29, 0.717) is 12.6 Å². The van der Waals surface area contributed by atoms with Crippen LogP contribution < -0.4 is 14.8 Å². The predicted molar refractivity (Wildman–Crippen MR) is 75.9 cm³/mol. The molecule has 0 amide bonds. The molecule has 0 bridgehead atoms. The third-order valence-electron chi connectivity index (χ3n) is 3.43. The molecule has 0 unspecified atom stereocenters. The van der Waals surface area contributed by atoms with Crippen LogP contribution in [0.2, 0.25) is 0 Å². The molecule has 1 saturated carbocycles. The van der Waals surface area contributed by atoms with Crippen LogP contribution in [-0.4, -0.2) is 13.2 Å². The molecule has 0 spiro atoms. The second-order valence-electron chi connectivity index (χ2n) is 4.99. The van der Waals surface area contributed by atoms with E-state index in [9.17, 15) is 0 Å². The average Bonchev–Trinajstić information content (AvgIpc) is 3.22. The first kappa shape index (κ1) is 13.1. The molecule has 3 rings (SSSR count). The lowest BCUT2D eigenvalue weighted by atomic mass is 10.2. The fraction of sp³-hybridized carbons (Fsp3) is 0.375. The van der Waals surface area contributed by atoms with E-state index < -0.39 is 0 Å². The van der Waals surface area contributed by atoms with E-state index in [0.717, 1.165) is 23.8 Å². The highest BCUT2D eigenvalue weighted by molar-refractivity contribution is 5.31. The number of rotatable bonds is 7. The van der Waals surface area contributed by atoms with Gasteiger partial charge in [0.25, 0.3) is 0 Å². The van der Waals surface area contributed by atoms with E-state index in [4.69, 9.17) is 13.9 Å². The van der Waals surface area contributed by atoms with Gasteiger partial charge in [-0.05, 0) is 43.2 Å². The zero-order valence-corrected chi connectivity index (χ0v) is 11.6. The Balaban J connectivity index is 1.55. The lowest BCUT2D eigenvalue weighted by molar-refractivity contribution is 0.267. The molecule has 2 aromatic rings. The predicted octanol–water partition coefficient (Wildman–Crippen LogP) is 3.12. The Hall–Kier alpha value is -1.94. The fourth-order valence-electron chi connectivity index (χ4n) is 2.01. The van der Waals surface area contributed by atoms with E-state index >= 15 is 0 Å². The van der Waals surface area contributed by atoms with Crippen LogP contribution in [0.3, 0.4) is 0 Å². The highest BCUT2D eigenvalue weighted by atomic mass is 16.5. The summed E-state index contributed by atoms with van der Waals surface area (Å²) in [5, 5.41) is 3.48. The highest BCUT2D eigenvalue weighted by Crippen LogP contribution is 2.22. The van der Waals surface area contributed by atoms with Gasteiger partial charge in [0.15, 0.2) is 0 Å². The summed E-state index contributed by atoms with van der Waals surface area (Å²) >= 11 is 0. The Morgan fingerprint density at radius 1 is 1.15 bits per heavy atom. The largest absolute Gasteiger partial charge is 0.497 e. The minimum absolute atomic E-state index is 0.445. The van der Waals surface area contributed by atoms with Gasteiger partial charge >= 0.3 is 0 Å². The van der Waals surface area contributed by atoms with E-state index in [2.05, 4.69) is 5.32 Å². The zero-order chi connectivity index (χ0) is 13.8. The average molecular weight is 273 g/mol. The Bertz CT molecular complexity index is 543. The monoisotopic (exact) mass is 273 g/mol. The normalized spacial score (nSPS) is 14.2. The minimum atomic E-state index is 0.445. The summed E-state index contributed by atoms with van der Waals surface area (Å²) in [7, 11) is 1.65. The Kier molecular flexibility index (Phi) is 3.92. The van der Waals surface area contributed by atoms with Crippen molar-refractivity contribution in [3.63, 3.8) is 0 Å². The Morgan fingerprint density at radius 3 is 2.60 bits per heavy atom. The van der Waals surface area contributed by atoms with Crippen molar-refractivity contribution in [2.45, 2.75) is 32.0 Å². The number of benzene rings is 1. The summed E-state index contributed by atoms with van der Waals surface area (Å²) < 4.78 is 16.3. The molecule has 1 aromatic carbocycles. The van der Waals surface area contributed by atoms with Crippen LogP contribution >= 0.6 is 0 Å².